The molecule has 1 N–H and O–H groups in total. The molecule has 1 saturated carbocycles. The molecule has 1 aromatic carbocycles. The zero-order valence-corrected chi connectivity index (χ0v) is 16.2. The number of carbonyl (C=O) groups excluding carboxylic acids is 2. The number of hydrogen-bond donors (Lipinski definition) is 1. The molecule has 2 aliphatic rings. The highest BCUT2D eigenvalue weighted by Crippen LogP contribution is 2.44. The third-order valence-corrected chi connectivity index (χ3v) is 6.53. The van der Waals surface area contributed by atoms with E-state index in [4.69, 9.17) is 0 Å². The number of hydrogen-bond acceptors (Lipinski definition) is 2. The van der Waals surface area contributed by atoms with Gasteiger partial charge < -0.3 is 5.32 Å². The van der Waals surface area contributed by atoms with E-state index < -0.39 is 11.5 Å². The third kappa shape index (κ3) is 2.92. The first-order valence-corrected chi connectivity index (χ1v) is 9.74. The predicted molar refractivity (Wildman–Crippen MR) is 101 cm³/mol. The molecule has 2 fully saturated rings. The lowest BCUT2D eigenvalue weighted by atomic mass is 9.67. The van der Waals surface area contributed by atoms with Gasteiger partial charge in [-0.2, -0.15) is 0 Å². The molecule has 3 heteroatoms. The van der Waals surface area contributed by atoms with E-state index in [2.05, 4.69) is 38.2 Å². The van der Waals surface area contributed by atoms with Gasteiger partial charge in [0.1, 0.15) is 11.5 Å². The molecule has 0 spiro atoms. The van der Waals surface area contributed by atoms with Crippen molar-refractivity contribution in [2.24, 2.45) is 11.8 Å². The summed E-state index contributed by atoms with van der Waals surface area (Å²) in [7, 11) is 0. The molecule has 0 radical (unpaired) electrons. The van der Waals surface area contributed by atoms with E-state index >= 15 is 0 Å². The molecule has 136 valence electrons. The molecule has 3 rings (SSSR count). The lowest BCUT2D eigenvalue weighted by Crippen LogP contribution is -2.53. The van der Waals surface area contributed by atoms with E-state index in [-0.39, 0.29) is 17.6 Å². The second-order valence-corrected chi connectivity index (χ2v) is 8.39. The molecule has 3 nitrogen and oxygen atoms in total. The molecule has 4 unspecified atom stereocenters. The molecule has 1 aliphatic heterocycles. The highest BCUT2D eigenvalue weighted by Gasteiger charge is 2.56. The summed E-state index contributed by atoms with van der Waals surface area (Å²) in [5.41, 5.74) is 3.53. The number of nitrogens with one attached hydrogen (secondary N) is 1. The van der Waals surface area contributed by atoms with Gasteiger partial charge in [-0.3, -0.25) is 9.59 Å². The number of benzene rings is 1. The van der Waals surface area contributed by atoms with Crippen molar-refractivity contribution in [3.63, 3.8) is 0 Å². The number of ketones is 1. The minimum Gasteiger partial charge on any atom is -0.342 e. The van der Waals surface area contributed by atoms with Gasteiger partial charge >= 0.3 is 0 Å². The van der Waals surface area contributed by atoms with Crippen molar-refractivity contribution in [1.82, 2.24) is 5.32 Å². The molecular formula is C22H31NO2. The summed E-state index contributed by atoms with van der Waals surface area (Å²) in [5.74, 6) is 0.273. The van der Waals surface area contributed by atoms with E-state index in [0.717, 1.165) is 36.0 Å². The molecule has 1 saturated heterocycles. The predicted octanol–water partition coefficient (Wildman–Crippen LogP) is 4.37. The van der Waals surface area contributed by atoms with Gasteiger partial charge in [-0.05, 0) is 68.6 Å². The molecule has 1 aromatic rings. The van der Waals surface area contributed by atoms with Gasteiger partial charge in [-0.15, -0.1) is 0 Å². The minimum absolute atomic E-state index is 0.0971. The standard InChI is InChI=1S/C22H31NO2/c1-6-22(17-9-7-8-13(2)12-17)20(24)19(21(25)23-22)18-15(4)10-14(3)11-16(18)5/h10-11,13,17,19H,6-9,12H2,1-5H3,(H,23,25). The van der Waals surface area contributed by atoms with Gasteiger partial charge in [0.25, 0.3) is 0 Å². The molecular weight excluding hydrogens is 310 g/mol. The Balaban J connectivity index is 2.02. The van der Waals surface area contributed by atoms with E-state index in [1.807, 2.05) is 13.8 Å². The van der Waals surface area contributed by atoms with Gasteiger partial charge in [-0.1, -0.05) is 44.4 Å². The first kappa shape index (κ1) is 18.2. The van der Waals surface area contributed by atoms with Gasteiger partial charge in [-0.25, -0.2) is 0 Å². The summed E-state index contributed by atoms with van der Waals surface area (Å²) in [6.07, 6.45) is 5.17. The van der Waals surface area contributed by atoms with E-state index in [9.17, 15) is 9.59 Å². The lowest BCUT2D eigenvalue weighted by molar-refractivity contribution is -0.126. The van der Waals surface area contributed by atoms with Crippen LogP contribution in [0.1, 0.15) is 74.1 Å². The topological polar surface area (TPSA) is 46.2 Å². The Morgan fingerprint density at radius 3 is 2.32 bits per heavy atom. The number of amides is 1. The van der Waals surface area contributed by atoms with E-state index in [0.29, 0.717) is 12.3 Å². The Morgan fingerprint density at radius 1 is 1.12 bits per heavy atom. The van der Waals surface area contributed by atoms with Gasteiger partial charge in [0, 0.05) is 0 Å². The summed E-state index contributed by atoms with van der Waals surface area (Å²) < 4.78 is 0. The Morgan fingerprint density at radius 2 is 1.76 bits per heavy atom. The quantitative estimate of drug-likeness (QED) is 0.830. The number of aryl methyl sites for hydroxylation is 3. The number of Topliss-reactive ketones (excluding diaryl/α,β-unsaturated/α-hetero) is 1. The molecule has 1 amide bonds. The van der Waals surface area contributed by atoms with Crippen LogP contribution in [0.15, 0.2) is 12.1 Å². The summed E-state index contributed by atoms with van der Waals surface area (Å²) in [4.78, 5) is 26.5. The van der Waals surface area contributed by atoms with Crippen molar-refractivity contribution >= 4 is 11.7 Å². The molecule has 4 atom stereocenters. The molecule has 0 bridgehead atoms. The summed E-state index contributed by atoms with van der Waals surface area (Å²) in [6.45, 7) is 10.4. The fourth-order valence-electron chi connectivity index (χ4n) is 5.38. The van der Waals surface area contributed by atoms with Gasteiger partial charge in [0.05, 0.1) is 0 Å². The van der Waals surface area contributed by atoms with E-state index in [1.165, 1.54) is 12.0 Å². The largest absolute Gasteiger partial charge is 0.342 e. The maximum Gasteiger partial charge on any atom is 0.235 e. The molecule has 25 heavy (non-hydrogen) atoms. The first-order chi connectivity index (χ1) is 11.8. The minimum atomic E-state index is -0.666. The van der Waals surface area contributed by atoms with Crippen LogP contribution in [0.25, 0.3) is 0 Å². The Labute approximate surface area is 151 Å². The van der Waals surface area contributed by atoms with E-state index in [1.54, 1.807) is 0 Å². The first-order valence-electron chi connectivity index (χ1n) is 9.74. The van der Waals surface area contributed by atoms with Gasteiger partial charge in [0.15, 0.2) is 5.78 Å². The number of carbonyl (C=O) groups is 2. The summed E-state index contributed by atoms with van der Waals surface area (Å²) in [5, 5.41) is 3.19. The summed E-state index contributed by atoms with van der Waals surface area (Å²) in [6, 6.07) is 4.16. The Hall–Kier alpha value is -1.64. The summed E-state index contributed by atoms with van der Waals surface area (Å²) >= 11 is 0. The average molecular weight is 341 g/mol. The molecule has 0 aromatic heterocycles. The maximum atomic E-state index is 13.6. The second kappa shape index (κ2) is 6.59. The highest BCUT2D eigenvalue weighted by atomic mass is 16.2. The van der Waals surface area contributed by atoms with Gasteiger partial charge in [0.2, 0.25) is 5.91 Å². The second-order valence-electron chi connectivity index (χ2n) is 8.39. The SMILES string of the molecule is CCC1(C2CCCC(C)C2)NC(=O)C(c2c(C)cc(C)cc2C)C1=O. The lowest BCUT2D eigenvalue weighted by Gasteiger charge is -2.39. The fourth-order valence-corrected chi connectivity index (χ4v) is 5.38. The van der Waals surface area contributed by atoms with Crippen LogP contribution in [0.3, 0.4) is 0 Å². The molecule has 1 heterocycles. The highest BCUT2D eigenvalue weighted by molar-refractivity contribution is 6.17. The zero-order chi connectivity index (χ0) is 18.4. The third-order valence-electron chi connectivity index (χ3n) is 6.53. The van der Waals surface area contributed by atoms with Crippen LogP contribution in [0, 0.1) is 32.6 Å². The fraction of sp³-hybridized carbons (Fsp3) is 0.636. The zero-order valence-electron chi connectivity index (χ0n) is 16.2. The van der Waals surface area contributed by atoms with Crippen molar-refractivity contribution in [2.45, 2.75) is 78.2 Å². The van der Waals surface area contributed by atoms with Crippen LogP contribution < -0.4 is 5.32 Å². The van der Waals surface area contributed by atoms with Crippen LogP contribution in [0.2, 0.25) is 0 Å². The average Bonchev–Trinajstić information content (AvgIpc) is 2.79. The van der Waals surface area contributed by atoms with Crippen LogP contribution in [-0.4, -0.2) is 17.2 Å². The van der Waals surface area contributed by atoms with Crippen molar-refractivity contribution in [3.05, 3.63) is 34.4 Å². The van der Waals surface area contributed by atoms with Crippen molar-refractivity contribution in [1.29, 1.82) is 0 Å². The smallest absolute Gasteiger partial charge is 0.235 e. The van der Waals surface area contributed by atoms with Crippen LogP contribution in [0.5, 0.6) is 0 Å². The van der Waals surface area contributed by atoms with Crippen molar-refractivity contribution < 1.29 is 9.59 Å². The maximum absolute atomic E-state index is 13.6. The van der Waals surface area contributed by atoms with Crippen molar-refractivity contribution in [2.75, 3.05) is 0 Å². The van der Waals surface area contributed by atoms with Crippen LogP contribution in [0.4, 0.5) is 0 Å². The van der Waals surface area contributed by atoms with Crippen LogP contribution >= 0.6 is 0 Å². The molecule has 1 aliphatic carbocycles. The monoisotopic (exact) mass is 341 g/mol. The number of rotatable bonds is 3. The Bertz CT molecular complexity index is 685. The normalized spacial score (nSPS) is 32.8. The van der Waals surface area contributed by atoms with Crippen LogP contribution in [-0.2, 0) is 9.59 Å². The Kier molecular flexibility index (Phi) is 4.78. The van der Waals surface area contributed by atoms with Crippen molar-refractivity contribution in [3.8, 4) is 0 Å².